The number of pyridine rings is 1. The third-order valence-corrected chi connectivity index (χ3v) is 12.3. The molecule has 3 N–H and O–H groups in total. The van der Waals surface area contributed by atoms with Gasteiger partial charge in [-0.25, -0.2) is 9.67 Å². The molecule has 0 amide bonds. The zero-order chi connectivity index (χ0) is 39.3. The highest BCUT2D eigenvalue weighted by Crippen LogP contribution is 2.42. The summed E-state index contributed by atoms with van der Waals surface area (Å²) in [6, 6.07) is 16.9. The van der Waals surface area contributed by atoms with Crippen LogP contribution in [0.2, 0.25) is 10.0 Å². The Hall–Kier alpha value is -3.71. The minimum atomic E-state index is 0.454. The molecule has 2 aliphatic rings. The highest BCUT2D eigenvalue weighted by atomic mass is 35.5. The molecule has 0 bridgehead atoms. The summed E-state index contributed by atoms with van der Waals surface area (Å²) in [6.45, 7) is 20.0. The van der Waals surface area contributed by atoms with E-state index in [4.69, 9.17) is 33.3 Å². The van der Waals surface area contributed by atoms with E-state index in [2.05, 4.69) is 79.5 Å². The Morgan fingerprint density at radius 3 is 2.53 bits per heavy atom. The minimum Gasteiger partial charge on any atom is -0.385 e. The molecular formula is C45H58Cl2N7P. The highest BCUT2D eigenvalue weighted by Gasteiger charge is 2.22. The van der Waals surface area contributed by atoms with E-state index in [1.807, 2.05) is 73.0 Å². The first-order chi connectivity index (χ1) is 26.7. The molecule has 4 heterocycles. The molecule has 0 aliphatic carbocycles. The quantitative estimate of drug-likeness (QED) is 0.0780. The van der Waals surface area contributed by atoms with Crippen LogP contribution in [0.4, 0.5) is 0 Å². The second-order valence-electron chi connectivity index (χ2n) is 14.2. The van der Waals surface area contributed by atoms with Gasteiger partial charge < -0.3 is 20.5 Å². The van der Waals surface area contributed by atoms with Crippen molar-refractivity contribution in [2.24, 2.45) is 18.0 Å². The van der Waals surface area contributed by atoms with Crippen molar-refractivity contribution in [1.82, 2.24) is 30.3 Å². The fraction of sp³-hybridized carbons (Fsp3) is 0.378. The third-order valence-electron chi connectivity index (χ3n) is 10.1. The fourth-order valence-electron chi connectivity index (χ4n) is 6.91. The number of aryl methyl sites for hydroxylation is 1. The van der Waals surface area contributed by atoms with E-state index in [-0.39, 0.29) is 0 Å². The summed E-state index contributed by atoms with van der Waals surface area (Å²) >= 11 is 14.5. The molecule has 0 spiro atoms. The Morgan fingerprint density at radius 2 is 1.82 bits per heavy atom. The van der Waals surface area contributed by atoms with Gasteiger partial charge in [0.25, 0.3) is 0 Å². The summed E-state index contributed by atoms with van der Waals surface area (Å²) in [4.78, 5) is 4.85. The second kappa shape index (κ2) is 21.0. The lowest BCUT2D eigenvalue weighted by Crippen LogP contribution is -2.33. The number of rotatable bonds is 16. The van der Waals surface area contributed by atoms with Crippen LogP contribution in [0.3, 0.4) is 0 Å². The molecule has 6 rings (SSSR count). The monoisotopic (exact) mass is 797 g/mol. The van der Waals surface area contributed by atoms with Crippen LogP contribution in [0.1, 0.15) is 70.9 Å². The lowest BCUT2D eigenvalue weighted by atomic mass is 9.96. The average Bonchev–Trinajstić information content (AvgIpc) is 3.81. The topological polar surface area (TPSA) is 71.2 Å². The van der Waals surface area contributed by atoms with Gasteiger partial charge in [0.05, 0.1) is 21.7 Å². The van der Waals surface area contributed by atoms with Crippen LogP contribution in [0.15, 0.2) is 103 Å². The molecule has 2 aromatic heterocycles. The maximum Gasteiger partial charge on any atom is 0.132 e. The Kier molecular flexibility index (Phi) is 16.2. The van der Waals surface area contributed by atoms with Crippen molar-refractivity contribution < 1.29 is 0 Å². The van der Waals surface area contributed by atoms with Gasteiger partial charge in [-0.2, -0.15) is 5.10 Å². The van der Waals surface area contributed by atoms with Crippen molar-refractivity contribution in [1.29, 1.82) is 0 Å². The first-order valence-corrected chi connectivity index (χ1v) is 21.7. The summed E-state index contributed by atoms with van der Waals surface area (Å²) in [5.74, 6) is 0.646. The molecule has 0 radical (unpaired) electrons. The van der Waals surface area contributed by atoms with Crippen molar-refractivity contribution in [3.05, 3.63) is 124 Å². The summed E-state index contributed by atoms with van der Waals surface area (Å²) in [5.41, 5.74) is 11.4. The second-order valence-corrected chi connectivity index (χ2v) is 16.2. The first-order valence-electron chi connectivity index (χ1n) is 19.7. The average molecular weight is 799 g/mol. The molecule has 2 aliphatic heterocycles. The van der Waals surface area contributed by atoms with Crippen molar-refractivity contribution in [2.75, 3.05) is 25.8 Å². The Morgan fingerprint density at radius 1 is 1.09 bits per heavy atom. The van der Waals surface area contributed by atoms with Gasteiger partial charge in [-0.1, -0.05) is 128 Å². The smallest absolute Gasteiger partial charge is 0.132 e. The number of hydrogen-bond acceptors (Lipinski definition) is 5. The van der Waals surface area contributed by atoms with Gasteiger partial charge in [0.1, 0.15) is 5.49 Å². The molecule has 10 heteroatoms. The van der Waals surface area contributed by atoms with E-state index in [1.165, 1.54) is 35.8 Å². The molecular weight excluding hydrogens is 740 g/mol. The molecule has 4 aromatic rings. The molecule has 1 saturated heterocycles. The number of benzene rings is 2. The number of unbranched alkanes of at least 4 members (excludes halogenated alkanes) is 1. The van der Waals surface area contributed by atoms with E-state index in [1.54, 1.807) is 0 Å². The van der Waals surface area contributed by atoms with Crippen LogP contribution in [0, 0.1) is 5.92 Å². The molecule has 3 atom stereocenters. The van der Waals surface area contributed by atoms with Crippen molar-refractivity contribution in [3.63, 3.8) is 0 Å². The first kappa shape index (κ1) is 42.4. The largest absolute Gasteiger partial charge is 0.385 e. The summed E-state index contributed by atoms with van der Waals surface area (Å²) in [6.07, 6.45) is 16.8. The van der Waals surface area contributed by atoms with Gasteiger partial charge in [-0.15, -0.1) is 0 Å². The van der Waals surface area contributed by atoms with Crippen LogP contribution in [-0.4, -0.2) is 46.2 Å². The van der Waals surface area contributed by atoms with Gasteiger partial charge in [0, 0.05) is 79.3 Å². The van der Waals surface area contributed by atoms with Gasteiger partial charge in [-0.3, -0.25) is 0 Å². The number of fused-ring (bicyclic) bond motifs is 1. The molecule has 55 heavy (non-hydrogen) atoms. The molecule has 292 valence electrons. The van der Waals surface area contributed by atoms with Crippen LogP contribution in [0.25, 0.3) is 34.0 Å². The fourth-order valence-corrected chi connectivity index (χ4v) is 8.90. The zero-order valence-corrected chi connectivity index (χ0v) is 35.7. The van der Waals surface area contributed by atoms with E-state index < -0.39 is 0 Å². The lowest BCUT2D eigenvalue weighted by molar-refractivity contribution is 0.474. The predicted octanol–water partition coefficient (Wildman–Crippen LogP) is 9.95. The van der Waals surface area contributed by atoms with Crippen LogP contribution in [-0.2, 0) is 13.6 Å². The van der Waals surface area contributed by atoms with E-state index >= 15 is 0 Å². The van der Waals surface area contributed by atoms with Gasteiger partial charge in [0.15, 0.2) is 0 Å². The molecule has 2 aromatic carbocycles. The Labute approximate surface area is 340 Å². The third kappa shape index (κ3) is 11.0. The number of aromatic nitrogens is 3. The van der Waals surface area contributed by atoms with Crippen molar-refractivity contribution in [2.45, 2.75) is 72.4 Å². The SMILES string of the molecule is C=C/C(=C\N=c1cc(-c2cccc(-c3cccc(C4=Cn5ncc(CNCC6CCC(=C)N6)c5PC4)c3Cl)c2Cl)ccn1C)CNCC(C)CCCC.CC. The maximum absolute atomic E-state index is 7.24. The number of nitrogens with zero attached hydrogens (tertiary/aromatic N) is 4. The summed E-state index contributed by atoms with van der Waals surface area (Å²) in [5, 5.41) is 16.7. The normalized spacial score (nSPS) is 16.7. The van der Waals surface area contributed by atoms with Gasteiger partial charge >= 0.3 is 0 Å². The van der Waals surface area contributed by atoms with Crippen LogP contribution >= 0.6 is 31.8 Å². The zero-order valence-electron chi connectivity index (χ0n) is 33.2. The molecule has 7 nitrogen and oxygen atoms in total. The van der Waals surface area contributed by atoms with E-state index in [9.17, 15) is 0 Å². The standard InChI is InChI=1S/C43H52Cl2N7P.C2H6/c1-6-8-11-29(3)21-46-22-31(7-2)23-48-40-20-32(18-19-51(40)5)36-12-9-14-38(41(36)44)39-15-10-13-37(42(39)45)34-27-52-43(53-28-34)33(25-49-52)24-47-26-35-17-16-30(4)50-35;1-2/h7,9-10,12-15,18-20,23,25,27,29,35,46-47,50,53H,2,4,6,8,11,16-17,21-22,24,26,28H2,1,3,5H3;1-2H3/b31-23+,48-40?;. The molecule has 1 fully saturated rings. The van der Waals surface area contributed by atoms with Crippen molar-refractivity contribution in [3.8, 4) is 22.3 Å². The Bertz CT molecular complexity index is 2080. The Balaban J connectivity index is 0.00000285. The highest BCUT2D eigenvalue weighted by molar-refractivity contribution is 7.47. The van der Waals surface area contributed by atoms with E-state index in [0.717, 1.165) is 89.8 Å². The minimum absolute atomic E-state index is 0.454. The molecule has 0 saturated carbocycles. The predicted molar refractivity (Wildman–Crippen MR) is 239 cm³/mol. The number of halogens is 2. The van der Waals surface area contributed by atoms with Crippen LogP contribution in [0.5, 0.6) is 0 Å². The van der Waals surface area contributed by atoms with Crippen LogP contribution < -0.4 is 26.9 Å². The van der Waals surface area contributed by atoms with E-state index in [0.29, 0.717) is 30.6 Å². The number of nitrogens with one attached hydrogen (secondary N) is 3. The number of allylic oxidation sites excluding steroid dienone is 2. The summed E-state index contributed by atoms with van der Waals surface area (Å²) < 4.78 is 4.03. The van der Waals surface area contributed by atoms with Crippen molar-refractivity contribution >= 4 is 49.0 Å². The van der Waals surface area contributed by atoms with Gasteiger partial charge in [0.2, 0.25) is 0 Å². The molecule has 3 unspecified atom stereocenters. The van der Waals surface area contributed by atoms with Gasteiger partial charge in [-0.05, 0) is 72.3 Å². The number of hydrogen-bond donors (Lipinski definition) is 3. The lowest BCUT2D eigenvalue weighted by Gasteiger charge is -2.19. The maximum atomic E-state index is 7.24. The summed E-state index contributed by atoms with van der Waals surface area (Å²) in [7, 11) is 2.60.